The number of nitrogens with one attached hydrogen (secondary N) is 1. The highest BCUT2D eigenvalue weighted by molar-refractivity contribution is 7.92. The third kappa shape index (κ3) is 4.45. The summed E-state index contributed by atoms with van der Waals surface area (Å²) in [6.07, 6.45) is 3.06. The van der Waals surface area contributed by atoms with Gasteiger partial charge in [0.15, 0.2) is 0 Å². The van der Waals surface area contributed by atoms with E-state index in [-0.39, 0.29) is 15.8 Å². The van der Waals surface area contributed by atoms with Gasteiger partial charge in [-0.3, -0.25) is 9.52 Å². The smallest absolute Gasteiger partial charge is 0.263 e. The fourth-order valence-corrected chi connectivity index (χ4v) is 4.91. The van der Waals surface area contributed by atoms with Crippen LogP contribution in [0.15, 0.2) is 41.3 Å². The Morgan fingerprint density at radius 1 is 1.04 bits per heavy atom. The molecule has 1 heterocycles. The zero-order chi connectivity index (χ0) is 19.6. The Morgan fingerprint density at radius 3 is 2.41 bits per heavy atom. The van der Waals surface area contributed by atoms with E-state index >= 15 is 0 Å². The first-order valence-electron chi connectivity index (χ1n) is 8.97. The van der Waals surface area contributed by atoms with Crippen LogP contribution in [0.5, 0.6) is 0 Å². The second-order valence-corrected chi connectivity index (χ2v) is 8.98. The number of anilines is 1. The Morgan fingerprint density at radius 2 is 1.74 bits per heavy atom. The molecular weight excluding hydrogens is 384 g/mol. The SMILES string of the molecule is Cc1ccc(NS(=O)(=O)c2cc(C(=O)N3CCCCC3)ccc2Cl)c(C)c1. The van der Waals surface area contributed by atoms with E-state index in [0.29, 0.717) is 24.3 Å². The van der Waals surface area contributed by atoms with Crippen LogP contribution in [0.25, 0.3) is 0 Å². The van der Waals surface area contributed by atoms with E-state index in [9.17, 15) is 13.2 Å². The Balaban J connectivity index is 1.91. The van der Waals surface area contributed by atoms with E-state index in [0.717, 1.165) is 30.4 Å². The highest BCUT2D eigenvalue weighted by atomic mass is 35.5. The van der Waals surface area contributed by atoms with Gasteiger partial charge in [-0.25, -0.2) is 8.42 Å². The number of nitrogens with zero attached hydrogens (tertiary/aromatic N) is 1. The summed E-state index contributed by atoms with van der Waals surface area (Å²) < 4.78 is 28.4. The van der Waals surface area contributed by atoms with Crippen LogP contribution < -0.4 is 4.72 Å². The molecular formula is C20H23ClN2O3S. The third-order valence-corrected chi connectivity index (χ3v) is 6.58. The molecule has 7 heteroatoms. The van der Waals surface area contributed by atoms with Crippen molar-refractivity contribution in [3.8, 4) is 0 Å². The third-order valence-electron chi connectivity index (χ3n) is 4.74. The Labute approximate surface area is 165 Å². The van der Waals surface area contributed by atoms with Crippen LogP contribution in [0.1, 0.15) is 40.7 Å². The molecule has 1 fully saturated rings. The Hall–Kier alpha value is -2.05. The van der Waals surface area contributed by atoms with Gasteiger partial charge in [0.2, 0.25) is 0 Å². The van der Waals surface area contributed by atoms with Crippen molar-refractivity contribution >= 4 is 33.2 Å². The fourth-order valence-electron chi connectivity index (χ4n) is 3.25. The number of aryl methyl sites for hydroxylation is 2. The summed E-state index contributed by atoms with van der Waals surface area (Å²) in [4.78, 5) is 14.4. The zero-order valence-corrected chi connectivity index (χ0v) is 17.0. The van der Waals surface area contributed by atoms with E-state index in [1.54, 1.807) is 17.0 Å². The number of hydrogen-bond acceptors (Lipinski definition) is 3. The number of likely N-dealkylation sites (tertiary alicyclic amines) is 1. The van der Waals surface area contributed by atoms with E-state index in [4.69, 9.17) is 11.6 Å². The summed E-state index contributed by atoms with van der Waals surface area (Å²) in [5.74, 6) is -0.158. The van der Waals surface area contributed by atoms with Gasteiger partial charge < -0.3 is 4.90 Å². The molecule has 1 N–H and O–H groups in total. The standard InChI is InChI=1S/C20H23ClN2O3S/c1-14-6-9-18(15(2)12-14)22-27(25,26)19-13-16(7-8-17(19)21)20(24)23-10-4-3-5-11-23/h6-9,12-13,22H,3-5,10-11H2,1-2H3. The topological polar surface area (TPSA) is 66.5 Å². The number of hydrogen-bond donors (Lipinski definition) is 1. The monoisotopic (exact) mass is 406 g/mol. The van der Waals surface area contributed by atoms with Gasteiger partial charge in [0.1, 0.15) is 4.90 Å². The minimum atomic E-state index is -3.92. The lowest BCUT2D eigenvalue weighted by Crippen LogP contribution is -2.35. The maximum absolute atomic E-state index is 12.9. The molecule has 2 aromatic carbocycles. The lowest BCUT2D eigenvalue weighted by atomic mass is 10.1. The van der Waals surface area contributed by atoms with Gasteiger partial charge in [-0.05, 0) is 62.9 Å². The summed E-state index contributed by atoms with van der Waals surface area (Å²) in [6.45, 7) is 5.18. The summed E-state index contributed by atoms with van der Waals surface area (Å²) in [6, 6.07) is 9.87. The lowest BCUT2D eigenvalue weighted by molar-refractivity contribution is 0.0724. The van der Waals surface area contributed by atoms with E-state index < -0.39 is 10.0 Å². The highest BCUT2D eigenvalue weighted by Gasteiger charge is 2.24. The van der Waals surface area contributed by atoms with Crippen molar-refractivity contribution in [2.45, 2.75) is 38.0 Å². The molecule has 0 unspecified atom stereocenters. The maximum atomic E-state index is 12.9. The van der Waals surface area contributed by atoms with Gasteiger partial charge in [-0.15, -0.1) is 0 Å². The van der Waals surface area contributed by atoms with Crippen LogP contribution in [0.4, 0.5) is 5.69 Å². The van der Waals surface area contributed by atoms with Crippen LogP contribution in [-0.4, -0.2) is 32.3 Å². The molecule has 1 amide bonds. The number of halogens is 1. The minimum Gasteiger partial charge on any atom is -0.339 e. The van der Waals surface area contributed by atoms with Gasteiger partial charge in [-0.2, -0.15) is 0 Å². The van der Waals surface area contributed by atoms with Gasteiger partial charge in [0.05, 0.1) is 10.7 Å². The molecule has 0 aromatic heterocycles. The summed E-state index contributed by atoms with van der Waals surface area (Å²) >= 11 is 6.16. The lowest BCUT2D eigenvalue weighted by Gasteiger charge is -2.27. The number of carbonyl (C=O) groups excluding carboxylic acids is 1. The normalized spacial score (nSPS) is 14.9. The number of rotatable bonds is 4. The van der Waals surface area contributed by atoms with Crippen LogP contribution in [0.3, 0.4) is 0 Å². The zero-order valence-electron chi connectivity index (χ0n) is 15.5. The summed E-state index contributed by atoms with van der Waals surface area (Å²) in [5, 5.41) is 0.0856. The maximum Gasteiger partial charge on any atom is 0.263 e. The molecule has 2 aromatic rings. The van der Waals surface area contributed by atoms with E-state index in [1.165, 1.54) is 12.1 Å². The molecule has 1 saturated heterocycles. The molecule has 144 valence electrons. The van der Waals surface area contributed by atoms with E-state index in [2.05, 4.69) is 4.72 Å². The first kappa shape index (κ1) is 19.7. The fraction of sp³-hybridized carbons (Fsp3) is 0.350. The summed E-state index contributed by atoms with van der Waals surface area (Å²) in [5.41, 5.74) is 2.68. The van der Waals surface area contributed by atoms with Crippen molar-refractivity contribution in [3.63, 3.8) is 0 Å². The molecule has 3 rings (SSSR count). The molecule has 0 atom stereocenters. The van der Waals surface area contributed by atoms with Crippen molar-refractivity contribution in [3.05, 3.63) is 58.1 Å². The quantitative estimate of drug-likeness (QED) is 0.819. The van der Waals surface area contributed by atoms with Crippen molar-refractivity contribution < 1.29 is 13.2 Å². The first-order chi connectivity index (χ1) is 12.8. The summed E-state index contributed by atoms with van der Waals surface area (Å²) in [7, 11) is -3.92. The average molecular weight is 407 g/mol. The molecule has 5 nitrogen and oxygen atoms in total. The van der Waals surface area contributed by atoms with Crippen LogP contribution in [0.2, 0.25) is 5.02 Å². The number of benzene rings is 2. The second-order valence-electron chi connectivity index (χ2n) is 6.92. The molecule has 0 bridgehead atoms. The van der Waals surface area contributed by atoms with Gasteiger partial charge in [0, 0.05) is 18.7 Å². The molecule has 0 saturated carbocycles. The van der Waals surface area contributed by atoms with Crippen molar-refractivity contribution in [1.29, 1.82) is 0 Å². The predicted octanol–water partition coefficient (Wildman–Crippen LogP) is 4.38. The van der Waals surface area contributed by atoms with E-state index in [1.807, 2.05) is 26.0 Å². The number of amides is 1. The first-order valence-corrected chi connectivity index (χ1v) is 10.8. The molecule has 0 radical (unpaired) electrons. The highest BCUT2D eigenvalue weighted by Crippen LogP contribution is 2.27. The van der Waals surface area contributed by atoms with Crippen molar-refractivity contribution in [2.75, 3.05) is 17.8 Å². The van der Waals surface area contributed by atoms with Crippen molar-refractivity contribution in [2.24, 2.45) is 0 Å². The minimum absolute atomic E-state index is 0.0856. The Bertz CT molecular complexity index is 967. The Kier molecular flexibility index (Phi) is 5.77. The van der Waals surface area contributed by atoms with Crippen LogP contribution >= 0.6 is 11.6 Å². The van der Waals surface area contributed by atoms with Crippen LogP contribution in [0, 0.1) is 13.8 Å². The van der Waals surface area contributed by atoms with Crippen LogP contribution in [-0.2, 0) is 10.0 Å². The van der Waals surface area contributed by atoms with Gasteiger partial charge >= 0.3 is 0 Å². The molecule has 27 heavy (non-hydrogen) atoms. The predicted molar refractivity (Wildman–Crippen MR) is 108 cm³/mol. The molecule has 0 spiro atoms. The van der Waals surface area contributed by atoms with Crippen molar-refractivity contribution in [1.82, 2.24) is 4.90 Å². The average Bonchev–Trinajstić information content (AvgIpc) is 2.64. The number of carbonyl (C=O) groups is 1. The largest absolute Gasteiger partial charge is 0.339 e. The van der Waals surface area contributed by atoms with Gasteiger partial charge in [-0.1, -0.05) is 29.3 Å². The number of piperidine rings is 1. The second kappa shape index (κ2) is 7.90. The molecule has 1 aliphatic rings. The number of sulfonamides is 1. The molecule has 0 aliphatic carbocycles. The molecule has 1 aliphatic heterocycles. The van der Waals surface area contributed by atoms with Gasteiger partial charge in [0.25, 0.3) is 15.9 Å².